The molecule has 0 amide bonds. The summed E-state index contributed by atoms with van der Waals surface area (Å²) < 4.78 is 0. The molecule has 0 spiro atoms. The van der Waals surface area contributed by atoms with E-state index in [4.69, 9.17) is 0 Å². The van der Waals surface area contributed by atoms with Gasteiger partial charge in [0.25, 0.3) is 0 Å². The van der Waals surface area contributed by atoms with Crippen LogP contribution in [0.15, 0.2) is 82.2 Å². The van der Waals surface area contributed by atoms with Crippen molar-refractivity contribution in [1.82, 2.24) is 0 Å². The van der Waals surface area contributed by atoms with Gasteiger partial charge in [-0.15, -0.1) is 0 Å². The molecule has 0 heterocycles. The van der Waals surface area contributed by atoms with E-state index in [-0.39, 0.29) is 27.9 Å². The van der Waals surface area contributed by atoms with E-state index in [0.29, 0.717) is 0 Å². The standard InChI is InChI=1S/C18H23SSi.BrH/c1-20(2,3)16-10-15-19(17-11-6-4-7-12-17)18-13-8-5-9-14-18;/h4-14,16H,15H2,1-3H3;1H/q+1;/p-1/b16-10+;. The molecule has 0 N–H and O–H groups in total. The van der Waals surface area contributed by atoms with Gasteiger partial charge in [0.2, 0.25) is 0 Å². The first-order chi connectivity index (χ1) is 9.56. The summed E-state index contributed by atoms with van der Waals surface area (Å²) >= 11 is 0. The molecule has 0 saturated heterocycles. The predicted molar refractivity (Wildman–Crippen MR) is 94.1 cm³/mol. The van der Waals surface area contributed by atoms with Gasteiger partial charge in [0.05, 0.1) is 19.0 Å². The molecule has 2 aromatic rings. The zero-order valence-electron chi connectivity index (χ0n) is 12.9. The lowest BCUT2D eigenvalue weighted by molar-refractivity contribution is -0.00000432. The number of benzene rings is 2. The van der Waals surface area contributed by atoms with Crippen LogP contribution in [-0.4, -0.2) is 13.8 Å². The Morgan fingerprint density at radius 2 is 1.24 bits per heavy atom. The summed E-state index contributed by atoms with van der Waals surface area (Å²) in [5, 5.41) is 0. The lowest BCUT2D eigenvalue weighted by atomic mass is 10.4. The van der Waals surface area contributed by atoms with Crippen molar-refractivity contribution < 1.29 is 17.0 Å². The zero-order chi connectivity index (χ0) is 14.4. The summed E-state index contributed by atoms with van der Waals surface area (Å²) in [7, 11) is -0.953. The monoisotopic (exact) mass is 378 g/mol. The normalized spacial score (nSPS) is 11.6. The van der Waals surface area contributed by atoms with Crippen LogP contribution in [0.1, 0.15) is 0 Å². The van der Waals surface area contributed by atoms with Crippen LogP contribution in [0.25, 0.3) is 0 Å². The summed E-state index contributed by atoms with van der Waals surface area (Å²) in [6.45, 7) is 7.14. The third kappa shape index (κ3) is 6.25. The molecule has 0 atom stereocenters. The fraction of sp³-hybridized carbons (Fsp3) is 0.222. The highest BCUT2D eigenvalue weighted by atomic mass is 79.9. The van der Waals surface area contributed by atoms with Crippen molar-refractivity contribution in [1.29, 1.82) is 0 Å². The van der Waals surface area contributed by atoms with E-state index in [0.717, 1.165) is 5.75 Å². The van der Waals surface area contributed by atoms with E-state index in [9.17, 15) is 0 Å². The molecule has 0 aliphatic rings. The van der Waals surface area contributed by atoms with Gasteiger partial charge in [0.1, 0.15) is 5.75 Å². The van der Waals surface area contributed by atoms with Crippen LogP contribution >= 0.6 is 0 Å². The number of hydrogen-bond acceptors (Lipinski definition) is 0. The van der Waals surface area contributed by atoms with Crippen LogP contribution in [0.2, 0.25) is 19.6 Å². The van der Waals surface area contributed by atoms with Crippen molar-refractivity contribution in [3.05, 3.63) is 72.4 Å². The molecule has 0 aromatic heterocycles. The largest absolute Gasteiger partial charge is 1.00 e. The van der Waals surface area contributed by atoms with E-state index in [1.54, 1.807) is 0 Å². The van der Waals surface area contributed by atoms with Crippen LogP contribution in [0.3, 0.4) is 0 Å². The number of hydrogen-bond donors (Lipinski definition) is 0. The SMILES string of the molecule is C[Si](C)(C)/C=C/C[S+](c1ccccc1)c1ccccc1.[Br-]. The molecule has 0 fully saturated rings. The minimum Gasteiger partial charge on any atom is -1.00 e. The Morgan fingerprint density at radius 3 is 1.62 bits per heavy atom. The van der Waals surface area contributed by atoms with E-state index in [1.165, 1.54) is 9.79 Å². The highest BCUT2D eigenvalue weighted by Gasteiger charge is 2.23. The Bertz CT molecular complexity index is 507. The predicted octanol–water partition coefficient (Wildman–Crippen LogP) is 2.16. The fourth-order valence-corrected chi connectivity index (χ4v) is 4.91. The quantitative estimate of drug-likeness (QED) is 0.552. The summed E-state index contributed by atoms with van der Waals surface area (Å²) in [4.78, 5) is 2.86. The van der Waals surface area contributed by atoms with E-state index in [1.807, 2.05) is 0 Å². The molecule has 0 unspecified atom stereocenters. The molecule has 0 radical (unpaired) electrons. The molecule has 0 saturated carbocycles. The summed E-state index contributed by atoms with van der Waals surface area (Å²) in [6, 6.07) is 21.7. The van der Waals surface area contributed by atoms with E-state index >= 15 is 0 Å². The first-order valence-electron chi connectivity index (χ1n) is 7.05. The highest BCUT2D eigenvalue weighted by molar-refractivity contribution is 7.97. The second-order valence-electron chi connectivity index (χ2n) is 5.95. The Morgan fingerprint density at radius 1 is 0.810 bits per heavy atom. The Labute approximate surface area is 143 Å². The molecule has 0 aliphatic carbocycles. The molecule has 3 heteroatoms. The third-order valence-electron chi connectivity index (χ3n) is 2.94. The van der Waals surface area contributed by atoms with Crippen LogP contribution in [0, 0.1) is 0 Å². The number of halogens is 1. The van der Waals surface area contributed by atoms with Gasteiger partial charge in [-0.1, -0.05) is 61.7 Å². The van der Waals surface area contributed by atoms with Gasteiger partial charge in [-0.2, -0.15) is 0 Å². The average Bonchev–Trinajstić information content (AvgIpc) is 2.44. The minimum atomic E-state index is -1.10. The molecular weight excluding hydrogens is 356 g/mol. The first kappa shape index (κ1) is 18.3. The maximum atomic E-state index is 2.46. The summed E-state index contributed by atoms with van der Waals surface area (Å²) in [5.74, 6) is 1.11. The van der Waals surface area contributed by atoms with Crippen molar-refractivity contribution in [2.75, 3.05) is 5.75 Å². The van der Waals surface area contributed by atoms with Gasteiger partial charge >= 0.3 is 0 Å². The van der Waals surface area contributed by atoms with Gasteiger partial charge < -0.3 is 17.0 Å². The van der Waals surface area contributed by atoms with Crippen molar-refractivity contribution in [3.63, 3.8) is 0 Å². The van der Waals surface area contributed by atoms with Crippen molar-refractivity contribution in [2.45, 2.75) is 29.4 Å². The average molecular weight is 379 g/mol. The topological polar surface area (TPSA) is 0 Å². The Kier molecular flexibility index (Phi) is 7.50. The Hall–Kier alpha value is -0.773. The molecule has 21 heavy (non-hydrogen) atoms. The first-order valence-corrected chi connectivity index (χ1v) is 12.0. The van der Waals surface area contributed by atoms with Gasteiger partial charge in [0, 0.05) is 0 Å². The molecule has 0 nitrogen and oxygen atoms in total. The maximum Gasteiger partial charge on any atom is 0.161 e. The zero-order valence-corrected chi connectivity index (χ0v) is 16.3. The van der Waals surface area contributed by atoms with Crippen LogP contribution in [0.5, 0.6) is 0 Å². The van der Waals surface area contributed by atoms with E-state index in [2.05, 4.69) is 92.1 Å². The maximum absolute atomic E-state index is 2.46. The Balaban J connectivity index is 0.00000220. The number of rotatable bonds is 5. The summed E-state index contributed by atoms with van der Waals surface area (Å²) in [5.41, 5.74) is 2.46. The summed E-state index contributed by atoms with van der Waals surface area (Å²) in [6.07, 6.45) is 2.40. The van der Waals surface area contributed by atoms with Crippen molar-refractivity contribution in [2.24, 2.45) is 0 Å². The molecule has 2 rings (SSSR count). The lowest BCUT2D eigenvalue weighted by Crippen LogP contribution is -3.00. The highest BCUT2D eigenvalue weighted by Crippen LogP contribution is 2.23. The molecule has 0 bridgehead atoms. The second-order valence-corrected chi connectivity index (χ2v) is 13.1. The smallest absolute Gasteiger partial charge is 0.161 e. The van der Waals surface area contributed by atoms with Crippen LogP contribution in [-0.2, 0) is 10.9 Å². The van der Waals surface area contributed by atoms with Gasteiger partial charge in [-0.25, -0.2) is 0 Å². The third-order valence-corrected chi connectivity index (χ3v) is 6.38. The second kappa shape index (κ2) is 8.62. The van der Waals surface area contributed by atoms with Gasteiger partial charge in [-0.3, -0.25) is 0 Å². The van der Waals surface area contributed by atoms with Crippen LogP contribution < -0.4 is 17.0 Å². The fourth-order valence-electron chi connectivity index (χ4n) is 2.00. The van der Waals surface area contributed by atoms with Crippen molar-refractivity contribution in [3.8, 4) is 0 Å². The van der Waals surface area contributed by atoms with Gasteiger partial charge in [-0.05, 0) is 30.3 Å². The molecule has 2 aromatic carbocycles. The van der Waals surface area contributed by atoms with Crippen LogP contribution in [0.4, 0.5) is 0 Å². The van der Waals surface area contributed by atoms with Crippen molar-refractivity contribution >= 4 is 19.0 Å². The lowest BCUT2D eigenvalue weighted by Gasteiger charge is -2.09. The van der Waals surface area contributed by atoms with E-state index < -0.39 is 8.07 Å². The van der Waals surface area contributed by atoms with Gasteiger partial charge in [0.15, 0.2) is 9.79 Å². The molecular formula is C18H23BrSSi. The molecule has 0 aliphatic heterocycles. The minimum absolute atomic E-state index is 0. The molecule has 112 valence electrons.